The van der Waals surface area contributed by atoms with Gasteiger partial charge in [0.1, 0.15) is 0 Å². The van der Waals surface area contributed by atoms with Gasteiger partial charge in [0.25, 0.3) is 0 Å². The van der Waals surface area contributed by atoms with E-state index >= 15 is 0 Å². The van der Waals surface area contributed by atoms with E-state index in [1.165, 1.54) is 0 Å². The van der Waals surface area contributed by atoms with Crippen molar-refractivity contribution in [2.24, 2.45) is 0 Å². The Morgan fingerprint density at radius 1 is 1.17 bits per heavy atom. The van der Waals surface area contributed by atoms with Crippen LogP contribution in [0.25, 0.3) is 0 Å². The molecule has 5 N–H and O–H groups in total. The van der Waals surface area contributed by atoms with Gasteiger partial charge in [0.05, 0.1) is 0 Å². The molecule has 0 heterocycles. The molecule has 0 saturated carbocycles. The number of carboxylic acid groups (broad SMARTS) is 2. The first-order chi connectivity index (χ1) is 4.63. The van der Waals surface area contributed by atoms with Gasteiger partial charge in [-0.25, -0.2) is 0 Å². The summed E-state index contributed by atoms with van der Waals surface area (Å²) < 4.78 is 0. The zero-order chi connectivity index (χ0) is 7.98. The van der Waals surface area contributed by atoms with Crippen LogP contribution < -0.4 is 11.3 Å². The third-order valence-corrected chi connectivity index (χ3v) is 1.02. The maximum Gasteiger partial charge on any atom is 0.303 e. The predicted octanol–water partition coefficient (Wildman–Crippen LogP) is -0.245. The van der Waals surface area contributed by atoms with E-state index in [2.05, 4.69) is 0 Å². The minimum atomic E-state index is -1.12. The van der Waals surface area contributed by atoms with E-state index in [0.717, 1.165) is 0 Å². The predicted molar refractivity (Wildman–Crippen MR) is 37.1 cm³/mol. The number of carbonyl (C=O) groups is 2. The Bertz CT molecular complexity index is 124. The molecule has 0 saturated heterocycles. The van der Waals surface area contributed by atoms with E-state index in [1.807, 2.05) is 0 Å². The largest absolute Gasteiger partial charge is 0.550 e. The molecule has 0 aromatic rings. The van der Waals surface area contributed by atoms with Gasteiger partial charge in [0.2, 0.25) is 0 Å². The Morgan fingerprint density at radius 2 is 1.58 bits per heavy atom. The van der Waals surface area contributed by atoms with E-state index in [-0.39, 0.29) is 36.1 Å². The van der Waals surface area contributed by atoms with Crippen molar-refractivity contribution >= 4 is 11.9 Å². The van der Waals surface area contributed by atoms with Gasteiger partial charge in [-0.3, -0.25) is 4.79 Å². The van der Waals surface area contributed by atoms with Gasteiger partial charge in [-0.1, -0.05) is 0 Å². The molecule has 12 heavy (non-hydrogen) atoms. The summed E-state index contributed by atoms with van der Waals surface area (Å²) in [6.45, 7) is 0. The van der Waals surface area contributed by atoms with Crippen molar-refractivity contribution in [1.29, 1.82) is 0 Å². The molecule has 0 aliphatic carbocycles. The number of hydrogen-bond acceptors (Lipinski definition) is 3. The van der Waals surface area contributed by atoms with Crippen molar-refractivity contribution in [3.8, 4) is 0 Å². The quantitative estimate of drug-likeness (QED) is 0.497. The summed E-state index contributed by atoms with van der Waals surface area (Å²) >= 11 is 0. The minimum Gasteiger partial charge on any atom is -0.550 e. The smallest absolute Gasteiger partial charge is 0.303 e. The first-order valence-electron chi connectivity index (χ1n) is 3.04. The number of carboxylic acids is 2. The molecule has 5 nitrogen and oxygen atoms in total. The first kappa shape index (κ1) is 17.5. The van der Waals surface area contributed by atoms with Crippen LogP contribution in [-0.4, -0.2) is 17.0 Å². The molecule has 77 valence electrons. The molecule has 0 aromatic carbocycles. The molecule has 0 rings (SSSR count). The fraction of sp³-hybridized carbons (Fsp3) is 0.667. The molecule has 0 fully saturated rings. The maximum absolute atomic E-state index is 9.88. The molecule has 0 atom stereocenters. The molecule has 0 aliphatic rings. The van der Waals surface area contributed by atoms with Crippen LogP contribution >= 0.6 is 0 Å². The first-order valence-corrected chi connectivity index (χ1v) is 3.04. The second-order valence-electron chi connectivity index (χ2n) is 1.97. The summed E-state index contributed by atoms with van der Waals surface area (Å²) in [4.78, 5) is 19.7. The third-order valence-electron chi connectivity index (χ3n) is 1.02. The molecule has 0 spiro atoms. The molecular weight excluding hydrogens is 214 g/mol. The summed E-state index contributed by atoms with van der Waals surface area (Å²) in [5, 5.41) is 17.9. The zero-order valence-corrected chi connectivity index (χ0v) is 7.74. The van der Waals surface area contributed by atoms with E-state index in [0.29, 0.717) is 12.8 Å². The SMILES string of the molecule is O=C([O-])CCCCC(=O)O.[Cu].[NH4+]. The summed E-state index contributed by atoms with van der Waals surface area (Å²) in [7, 11) is 0. The molecule has 0 amide bonds. The van der Waals surface area contributed by atoms with Crippen molar-refractivity contribution in [3.05, 3.63) is 0 Å². The standard InChI is InChI=1S/C6H10O4.Cu.H3N/c7-5(8)3-1-2-4-6(9)10;;/h1-4H2,(H,7,8)(H,9,10);;1H3. The molecule has 0 aliphatic heterocycles. The number of rotatable bonds is 5. The number of hydrogen-bond donors (Lipinski definition) is 2. The van der Waals surface area contributed by atoms with Gasteiger partial charge >= 0.3 is 5.97 Å². The van der Waals surface area contributed by atoms with Gasteiger partial charge in [0, 0.05) is 29.5 Å². The van der Waals surface area contributed by atoms with Crippen LogP contribution in [0.1, 0.15) is 25.7 Å². The molecule has 1 radical (unpaired) electrons. The van der Waals surface area contributed by atoms with E-state index < -0.39 is 11.9 Å². The van der Waals surface area contributed by atoms with Crippen molar-refractivity contribution in [1.82, 2.24) is 6.15 Å². The van der Waals surface area contributed by atoms with Gasteiger partial charge in [-0.15, -0.1) is 0 Å². The summed E-state index contributed by atoms with van der Waals surface area (Å²) in [5.41, 5.74) is 0. The maximum atomic E-state index is 9.88. The second-order valence-corrected chi connectivity index (χ2v) is 1.97. The summed E-state index contributed by atoms with van der Waals surface area (Å²) in [6, 6.07) is 0. The Balaban J connectivity index is -0.000000405. The average Bonchev–Trinajstić information content (AvgIpc) is 1.79. The van der Waals surface area contributed by atoms with Crippen LogP contribution in [0, 0.1) is 0 Å². The fourth-order valence-electron chi connectivity index (χ4n) is 0.546. The van der Waals surface area contributed by atoms with Crippen molar-refractivity contribution in [3.63, 3.8) is 0 Å². The Labute approximate surface area is 81.2 Å². The normalized spacial score (nSPS) is 7.67. The van der Waals surface area contributed by atoms with Gasteiger partial charge in [-0.2, -0.15) is 0 Å². The van der Waals surface area contributed by atoms with E-state index in [4.69, 9.17) is 5.11 Å². The molecular formula is C6H13CuNO4. The minimum absolute atomic E-state index is 0. The fourth-order valence-corrected chi connectivity index (χ4v) is 0.546. The van der Waals surface area contributed by atoms with Gasteiger partial charge < -0.3 is 21.2 Å². The molecule has 0 bridgehead atoms. The monoisotopic (exact) mass is 226 g/mol. The summed E-state index contributed by atoms with van der Waals surface area (Å²) in [5.74, 6) is -2.01. The van der Waals surface area contributed by atoms with Crippen molar-refractivity contribution in [2.45, 2.75) is 25.7 Å². The Hall–Kier alpha value is -0.581. The average molecular weight is 227 g/mol. The van der Waals surface area contributed by atoms with Crippen LogP contribution in [0.2, 0.25) is 0 Å². The van der Waals surface area contributed by atoms with Gasteiger partial charge in [0.15, 0.2) is 0 Å². The van der Waals surface area contributed by atoms with Crippen LogP contribution in [0.3, 0.4) is 0 Å². The molecule has 0 unspecified atom stereocenters. The second kappa shape index (κ2) is 10.4. The Morgan fingerprint density at radius 3 is 1.92 bits per heavy atom. The van der Waals surface area contributed by atoms with Crippen molar-refractivity contribution < 1.29 is 36.9 Å². The Kier molecular flexibility index (Phi) is 15.2. The number of quaternary nitrogens is 1. The van der Waals surface area contributed by atoms with Crippen LogP contribution in [0.4, 0.5) is 0 Å². The number of unbranched alkanes of at least 4 members (excludes halogenated alkanes) is 1. The zero-order valence-electron chi connectivity index (χ0n) is 6.80. The van der Waals surface area contributed by atoms with Crippen molar-refractivity contribution in [2.75, 3.05) is 0 Å². The van der Waals surface area contributed by atoms with Crippen LogP contribution in [0.15, 0.2) is 0 Å². The third kappa shape index (κ3) is 16.2. The summed E-state index contributed by atoms with van der Waals surface area (Å²) in [6.07, 6.45) is 0.776. The number of carbonyl (C=O) groups excluding carboxylic acids is 1. The van der Waals surface area contributed by atoms with Crippen LogP contribution in [0.5, 0.6) is 0 Å². The van der Waals surface area contributed by atoms with Gasteiger partial charge in [-0.05, 0) is 19.3 Å². The molecule has 6 heteroatoms. The topological polar surface area (TPSA) is 114 Å². The van der Waals surface area contributed by atoms with Crippen LogP contribution in [-0.2, 0) is 26.7 Å². The van der Waals surface area contributed by atoms with E-state index in [1.54, 1.807) is 0 Å². The number of aliphatic carboxylic acids is 2. The molecule has 0 aromatic heterocycles. The van der Waals surface area contributed by atoms with E-state index in [9.17, 15) is 14.7 Å².